The minimum Gasteiger partial charge on any atom is -0.347 e. The zero-order valence-corrected chi connectivity index (χ0v) is 12.7. The minimum atomic E-state index is -3.78. The molecule has 7 nitrogen and oxygen atoms in total. The highest BCUT2D eigenvalue weighted by atomic mass is 35.5. The Morgan fingerprint density at radius 1 is 1.40 bits per heavy atom. The average Bonchev–Trinajstić information content (AvgIpc) is 2.88. The van der Waals surface area contributed by atoms with E-state index in [-0.39, 0.29) is 16.1 Å². The maximum absolute atomic E-state index is 12.5. The van der Waals surface area contributed by atoms with Gasteiger partial charge in [0.1, 0.15) is 10.9 Å². The van der Waals surface area contributed by atoms with E-state index < -0.39 is 16.1 Å². The quantitative estimate of drug-likeness (QED) is 0.752. The molecular weight excluding hydrogens is 304 g/mol. The van der Waals surface area contributed by atoms with Crippen molar-refractivity contribution in [3.8, 4) is 0 Å². The van der Waals surface area contributed by atoms with Gasteiger partial charge in [-0.3, -0.25) is 4.79 Å². The molecule has 1 unspecified atom stereocenters. The van der Waals surface area contributed by atoms with Gasteiger partial charge >= 0.3 is 0 Å². The van der Waals surface area contributed by atoms with Crippen LogP contribution in [0.5, 0.6) is 0 Å². The Hall–Kier alpha value is -1.25. The maximum atomic E-state index is 12.5. The lowest BCUT2D eigenvalue weighted by Crippen LogP contribution is -2.45. The molecule has 1 atom stereocenters. The molecule has 1 aliphatic heterocycles. The van der Waals surface area contributed by atoms with Gasteiger partial charge < -0.3 is 4.90 Å². The van der Waals surface area contributed by atoms with E-state index in [4.69, 9.17) is 11.6 Å². The molecule has 1 aliphatic rings. The third kappa shape index (κ3) is 2.77. The Morgan fingerprint density at radius 3 is 2.55 bits per heavy atom. The second-order valence-corrected chi connectivity index (χ2v) is 6.92. The first-order chi connectivity index (χ1) is 9.34. The van der Waals surface area contributed by atoms with Gasteiger partial charge in [0.2, 0.25) is 21.2 Å². The van der Waals surface area contributed by atoms with Crippen LogP contribution in [0, 0.1) is 0 Å². The normalized spacial score (nSPS) is 20.1. The molecule has 1 aromatic heterocycles. The molecule has 1 saturated heterocycles. The van der Waals surface area contributed by atoms with Crippen molar-refractivity contribution in [3.05, 3.63) is 17.7 Å². The van der Waals surface area contributed by atoms with Crippen molar-refractivity contribution in [1.82, 2.24) is 19.2 Å². The lowest BCUT2D eigenvalue weighted by Gasteiger charge is -2.25. The first-order valence-corrected chi connectivity index (χ1v) is 7.86. The van der Waals surface area contributed by atoms with E-state index in [2.05, 4.69) is 9.97 Å². The summed E-state index contributed by atoms with van der Waals surface area (Å²) >= 11 is 5.55. The van der Waals surface area contributed by atoms with Crippen molar-refractivity contribution < 1.29 is 13.2 Å². The molecule has 9 heteroatoms. The van der Waals surface area contributed by atoms with E-state index >= 15 is 0 Å². The van der Waals surface area contributed by atoms with Gasteiger partial charge in [-0.05, 0) is 24.4 Å². The molecule has 1 amide bonds. The van der Waals surface area contributed by atoms with Crippen molar-refractivity contribution in [1.29, 1.82) is 0 Å². The summed E-state index contributed by atoms with van der Waals surface area (Å²) < 4.78 is 26.2. The molecule has 0 radical (unpaired) electrons. The van der Waals surface area contributed by atoms with E-state index in [0.717, 1.165) is 12.4 Å². The van der Waals surface area contributed by atoms with Crippen LogP contribution in [0.2, 0.25) is 5.28 Å². The predicted molar refractivity (Wildman–Crippen MR) is 72.6 cm³/mol. The summed E-state index contributed by atoms with van der Waals surface area (Å²) in [4.78, 5) is 20.7. The highest BCUT2D eigenvalue weighted by Gasteiger charge is 2.40. The number of hydrogen-bond donors (Lipinski definition) is 0. The Balaban J connectivity index is 2.33. The molecule has 0 aromatic carbocycles. The number of likely N-dealkylation sites (N-methyl/N-ethyl adjacent to an activating group) is 1. The van der Waals surface area contributed by atoms with Gasteiger partial charge in [-0.25, -0.2) is 18.4 Å². The number of hydrogen-bond acceptors (Lipinski definition) is 5. The van der Waals surface area contributed by atoms with Gasteiger partial charge in [0.25, 0.3) is 0 Å². The van der Waals surface area contributed by atoms with E-state index in [1.807, 2.05) is 0 Å². The summed E-state index contributed by atoms with van der Waals surface area (Å²) in [7, 11) is -0.565. The summed E-state index contributed by atoms with van der Waals surface area (Å²) in [6, 6.07) is -0.661. The molecular formula is C11H15ClN4O3S. The van der Waals surface area contributed by atoms with Gasteiger partial charge in [-0.15, -0.1) is 0 Å². The Morgan fingerprint density at radius 2 is 2.00 bits per heavy atom. The van der Waals surface area contributed by atoms with Crippen LogP contribution >= 0.6 is 11.6 Å². The summed E-state index contributed by atoms with van der Waals surface area (Å²) in [5, 5.41) is -0.0220. The van der Waals surface area contributed by atoms with Crippen molar-refractivity contribution in [3.63, 3.8) is 0 Å². The first kappa shape index (κ1) is 15.1. The lowest BCUT2D eigenvalue weighted by atomic mass is 10.2. The van der Waals surface area contributed by atoms with Crippen LogP contribution in [-0.2, 0) is 14.8 Å². The van der Waals surface area contributed by atoms with Crippen LogP contribution in [0.3, 0.4) is 0 Å². The topological polar surface area (TPSA) is 83.5 Å². The average molecular weight is 319 g/mol. The number of rotatable bonds is 3. The van der Waals surface area contributed by atoms with Gasteiger partial charge in [-0.1, -0.05) is 0 Å². The second-order valence-electron chi connectivity index (χ2n) is 4.69. The standard InChI is InChI=1S/C11H15ClN4O3S/c1-15(2)10(17)9-4-3-5-16(9)20(18,19)8-6-13-11(12)14-7-8/h6-7,9H,3-5H2,1-2H3. The maximum Gasteiger partial charge on any atom is 0.246 e. The summed E-state index contributed by atoms with van der Waals surface area (Å²) in [5.74, 6) is -0.221. The number of carbonyl (C=O) groups excluding carboxylic acids is 1. The Labute approximate surface area is 122 Å². The minimum absolute atomic E-state index is 0.0220. The van der Waals surface area contributed by atoms with E-state index in [1.165, 1.54) is 9.21 Å². The third-order valence-electron chi connectivity index (χ3n) is 3.13. The highest BCUT2D eigenvalue weighted by molar-refractivity contribution is 7.89. The molecule has 0 aliphatic carbocycles. The Kier molecular flexibility index (Phi) is 4.26. The number of aromatic nitrogens is 2. The molecule has 1 aromatic rings. The molecule has 2 rings (SSSR count). The molecule has 0 N–H and O–H groups in total. The number of amides is 1. The highest BCUT2D eigenvalue weighted by Crippen LogP contribution is 2.26. The van der Waals surface area contributed by atoms with Crippen molar-refractivity contribution in [2.24, 2.45) is 0 Å². The summed E-state index contributed by atoms with van der Waals surface area (Å²) in [6.07, 6.45) is 3.48. The Bertz CT molecular complexity index is 603. The summed E-state index contributed by atoms with van der Waals surface area (Å²) in [5.41, 5.74) is 0. The lowest BCUT2D eigenvalue weighted by molar-refractivity contribution is -0.132. The zero-order chi connectivity index (χ0) is 14.9. The SMILES string of the molecule is CN(C)C(=O)C1CCCN1S(=O)(=O)c1cnc(Cl)nc1. The van der Waals surface area contributed by atoms with Crippen LogP contribution < -0.4 is 0 Å². The zero-order valence-electron chi connectivity index (χ0n) is 11.2. The fraction of sp³-hybridized carbons (Fsp3) is 0.545. The van der Waals surface area contributed by atoms with Crippen LogP contribution in [0.25, 0.3) is 0 Å². The number of halogens is 1. The van der Waals surface area contributed by atoms with Crippen LogP contribution in [0.1, 0.15) is 12.8 Å². The predicted octanol–water partition coefficient (Wildman–Crippen LogP) is 0.371. The van der Waals surface area contributed by atoms with Gasteiger partial charge in [0, 0.05) is 20.6 Å². The van der Waals surface area contributed by atoms with Crippen molar-refractivity contribution >= 4 is 27.5 Å². The molecule has 0 spiro atoms. The molecule has 20 heavy (non-hydrogen) atoms. The number of nitrogens with zero attached hydrogens (tertiary/aromatic N) is 4. The van der Waals surface area contributed by atoms with Crippen LogP contribution in [0.4, 0.5) is 0 Å². The molecule has 0 saturated carbocycles. The smallest absolute Gasteiger partial charge is 0.246 e. The van der Waals surface area contributed by atoms with Gasteiger partial charge in [0.05, 0.1) is 12.4 Å². The van der Waals surface area contributed by atoms with E-state index in [1.54, 1.807) is 14.1 Å². The molecule has 110 valence electrons. The monoisotopic (exact) mass is 318 g/mol. The van der Waals surface area contributed by atoms with E-state index in [9.17, 15) is 13.2 Å². The fourth-order valence-electron chi connectivity index (χ4n) is 2.14. The first-order valence-electron chi connectivity index (χ1n) is 6.04. The van der Waals surface area contributed by atoms with Gasteiger partial charge in [0.15, 0.2) is 0 Å². The van der Waals surface area contributed by atoms with Crippen LogP contribution in [0.15, 0.2) is 17.3 Å². The van der Waals surface area contributed by atoms with Crippen molar-refractivity contribution in [2.45, 2.75) is 23.8 Å². The molecule has 2 heterocycles. The number of sulfonamides is 1. The second kappa shape index (κ2) is 5.63. The fourth-order valence-corrected chi connectivity index (χ4v) is 3.78. The van der Waals surface area contributed by atoms with Gasteiger partial charge in [-0.2, -0.15) is 4.31 Å². The molecule has 0 bridgehead atoms. The summed E-state index contributed by atoms with van der Waals surface area (Å²) in [6.45, 7) is 0.315. The van der Waals surface area contributed by atoms with Crippen molar-refractivity contribution in [2.75, 3.05) is 20.6 Å². The molecule has 1 fully saturated rings. The van der Waals surface area contributed by atoms with E-state index in [0.29, 0.717) is 19.4 Å². The number of carbonyl (C=O) groups is 1. The van der Waals surface area contributed by atoms with Crippen LogP contribution in [-0.4, -0.2) is 60.2 Å². The largest absolute Gasteiger partial charge is 0.347 e. The third-order valence-corrected chi connectivity index (χ3v) is 5.19.